The molecule has 0 amide bonds. The van der Waals surface area contributed by atoms with Crippen LogP contribution in [0.15, 0.2) is 12.2 Å². The van der Waals surface area contributed by atoms with Crippen LogP contribution in [-0.4, -0.2) is 47.1 Å². The summed E-state index contributed by atoms with van der Waals surface area (Å²) >= 11 is 0. The number of hydrogen-bond acceptors (Lipinski definition) is 7. The largest absolute Gasteiger partial charge is 0.545 e. The van der Waals surface area contributed by atoms with Gasteiger partial charge >= 0.3 is 0 Å². The first-order chi connectivity index (χ1) is 7.87. The number of hydrogen-bond donors (Lipinski definition) is 5. The molecule has 0 radical (unpaired) electrons. The number of quaternary nitrogens is 2. The summed E-state index contributed by atoms with van der Waals surface area (Å²) in [5.74, 6) is -3.09. The van der Waals surface area contributed by atoms with Crippen LogP contribution in [-0.2, 0) is 9.59 Å². The van der Waals surface area contributed by atoms with E-state index in [2.05, 4.69) is 0 Å². The van der Waals surface area contributed by atoms with Crippen LogP contribution in [0.4, 0.5) is 0 Å². The number of aliphatic hydroxyl groups is 3. The molecule has 0 saturated heterocycles. The van der Waals surface area contributed by atoms with Crippen molar-refractivity contribution >= 4 is 11.9 Å². The second-order valence-electron chi connectivity index (χ2n) is 1.92. The highest BCUT2D eigenvalue weighted by Crippen LogP contribution is 1.64. The van der Waals surface area contributed by atoms with Gasteiger partial charge in [-0.15, -0.1) is 0 Å². The highest BCUT2D eigenvalue weighted by atomic mass is 16.4. The molecule has 0 unspecified atom stereocenters. The highest BCUT2D eigenvalue weighted by Gasteiger charge is 1.71. The van der Waals surface area contributed by atoms with E-state index in [0.717, 1.165) is 0 Å². The molecular formula is C10H28N2O7. The third-order valence-electron chi connectivity index (χ3n) is 0.355. The Morgan fingerprint density at radius 1 is 0.789 bits per heavy atom. The van der Waals surface area contributed by atoms with E-state index in [1.165, 1.54) is 0 Å². The summed E-state index contributed by atoms with van der Waals surface area (Å²) in [6, 6.07) is 0. The van der Waals surface area contributed by atoms with Crippen molar-refractivity contribution in [1.29, 1.82) is 0 Å². The second kappa shape index (κ2) is 43.9. The quantitative estimate of drug-likeness (QED) is 0.352. The smallest absolute Gasteiger partial charge is 0.0643 e. The maximum Gasteiger partial charge on any atom is 0.0643 e. The summed E-state index contributed by atoms with van der Waals surface area (Å²) in [5, 5.41) is 41.5. The molecule has 0 atom stereocenters. The Bertz CT molecular complexity index is 166. The number of carboxylic acids is 2. The summed E-state index contributed by atoms with van der Waals surface area (Å²) in [6.45, 7) is 5.79. The lowest BCUT2D eigenvalue weighted by Crippen LogP contribution is -2.23. The summed E-state index contributed by atoms with van der Waals surface area (Å²) in [7, 11) is 0. The molecule has 0 bridgehead atoms. The molecule has 0 spiro atoms. The fourth-order valence-electron chi connectivity index (χ4n) is 0.136. The van der Waals surface area contributed by atoms with Crippen molar-refractivity contribution in [3.63, 3.8) is 0 Å². The second-order valence-corrected chi connectivity index (χ2v) is 1.92. The molecule has 0 saturated carbocycles. The van der Waals surface area contributed by atoms with Crippen molar-refractivity contribution in [2.24, 2.45) is 0 Å². The van der Waals surface area contributed by atoms with Gasteiger partial charge in [0.25, 0.3) is 0 Å². The molecule has 0 aromatic carbocycles. The van der Waals surface area contributed by atoms with Crippen molar-refractivity contribution < 1.29 is 35.1 Å². The van der Waals surface area contributed by atoms with Gasteiger partial charge in [0.15, 0.2) is 0 Å². The summed E-state index contributed by atoms with van der Waals surface area (Å²) in [4.78, 5) is 18.8. The average Bonchev–Trinajstić information content (AvgIpc) is 2.18. The first-order valence-electron chi connectivity index (χ1n) is 4.80. The zero-order chi connectivity index (χ0) is 14.7. The van der Waals surface area contributed by atoms with E-state index in [-0.39, 0.29) is 32.1 Å². The Kier molecular flexibility index (Phi) is 83.3. The number of carbonyl (C=O) groups excluding carboxylic acids is 2. The predicted molar refractivity (Wildman–Crippen MR) is 69.4 cm³/mol. The molecule has 11 N–H and O–H groups in total. The molecular weight excluding hydrogens is 260 g/mol. The average molecular weight is 288 g/mol. The molecule has 0 rings (SSSR count). The molecule has 120 valence electrons. The van der Waals surface area contributed by atoms with Crippen molar-refractivity contribution in [2.45, 2.75) is 20.8 Å². The molecule has 0 aliphatic heterocycles. The van der Waals surface area contributed by atoms with Crippen LogP contribution in [0.3, 0.4) is 0 Å². The number of carbonyl (C=O) groups is 2. The van der Waals surface area contributed by atoms with E-state index in [9.17, 15) is 19.8 Å². The van der Waals surface area contributed by atoms with E-state index in [1.807, 2.05) is 0 Å². The van der Waals surface area contributed by atoms with Crippen LogP contribution in [0.2, 0.25) is 0 Å². The van der Waals surface area contributed by atoms with Gasteiger partial charge in [-0.2, -0.15) is 0 Å². The lowest BCUT2D eigenvalue weighted by atomic mass is 10.5. The van der Waals surface area contributed by atoms with Gasteiger partial charge in [0.1, 0.15) is 0 Å². The molecule has 0 aromatic rings. The van der Waals surface area contributed by atoms with Crippen LogP contribution >= 0.6 is 0 Å². The van der Waals surface area contributed by atoms with Crippen LogP contribution in [0, 0.1) is 0 Å². The van der Waals surface area contributed by atoms with Gasteiger partial charge in [0.05, 0.1) is 11.9 Å². The minimum atomic E-state index is -1.55. The Morgan fingerprint density at radius 2 is 0.895 bits per heavy atom. The van der Waals surface area contributed by atoms with Crippen LogP contribution in [0.5, 0.6) is 0 Å². The molecule has 0 heterocycles. The standard InChI is InChI=1S/C4H4O4.3C2H6O.2H3N/c5-3(6)1-2-4(7)8;3*1-2-3;;/h1-2H,(H,5,6)(H,7,8);3*3H,2H2,1H3;2*1H3/b2-1+;;;;;. The molecule has 19 heavy (non-hydrogen) atoms. The summed E-state index contributed by atoms with van der Waals surface area (Å²) < 4.78 is 0. The Labute approximate surface area is 113 Å². The van der Waals surface area contributed by atoms with Crippen molar-refractivity contribution in [1.82, 2.24) is 12.3 Å². The topological polar surface area (TPSA) is 214 Å². The minimum absolute atomic E-state index is 0. The summed E-state index contributed by atoms with van der Waals surface area (Å²) in [6.07, 6.45) is 0.769. The van der Waals surface area contributed by atoms with Gasteiger partial charge in [0, 0.05) is 19.8 Å². The number of rotatable bonds is 2. The molecule has 0 aliphatic carbocycles. The van der Waals surface area contributed by atoms with Crippen molar-refractivity contribution in [2.75, 3.05) is 19.8 Å². The fourth-order valence-corrected chi connectivity index (χ4v) is 0.136. The van der Waals surface area contributed by atoms with Gasteiger partial charge in [-0.3, -0.25) is 0 Å². The van der Waals surface area contributed by atoms with Crippen LogP contribution in [0.25, 0.3) is 0 Å². The molecule has 0 fully saturated rings. The molecule has 9 nitrogen and oxygen atoms in total. The van der Waals surface area contributed by atoms with Gasteiger partial charge in [0.2, 0.25) is 0 Å². The third kappa shape index (κ3) is 285. The first-order valence-corrected chi connectivity index (χ1v) is 4.80. The Morgan fingerprint density at radius 3 is 0.947 bits per heavy atom. The van der Waals surface area contributed by atoms with Crippen molar-refractivity contribution in [3.8, 4) is 0 Å². The number of aliphatic hydroxyl groups excluding tert-OH is 3. The number of aliphatic carboxylic acids is 2. The Balaban J connectivity index is -0.0000000329. The van der Waals surface area contributed by atoms with E-state index < -0.39 is 11.9 Å². The van der Waals surface area contributed by atoms with Gasteiger partial charge in [-0.1, -0.05) is 0 Å². The minimum Gasteiger partial charge on any atom is -0.545 e. The number of carboxylic acid groups (broad SMARTS) is 2. The zero-order valence-electron chi connectivity index (χ0n) is 12.3. The maximum absolute atomic E-state index is 9.41. The summed E-state index contributed by atoms with van der Waals surface area (Å²) in [5.41, 5.74) is 0. The predicted octanol–water partition coefficient (Wildman–Crippen LogP) is -2.21. The monoisotopic (exact) mass is 288 g/mol. The van der Waals surface area contributed by atoms with E-state index in [0.29, 0.717) is 12.2 Å². The lowest BCUT2D eigenvalue weighted by Gasteiger charge is -1.90. The molecule has 9 heteroatoms. The molecule has 0 aromatic heterocycles. The van der Waals surface area contributed by atoms with E-state index in [1.54, 1.807) is 20.8 Å². The Hall–Kier alpha value is -1.52. The lowest BCUT2D eigenvalue weighted by molar-refractivity contribution is -0.301. The van der Waals surface area contributed by atoms with E-state index in [4.69, 9.17) is 15.3 Å². The normalized spacial score (nSPS) is 6.84. The maximum atomic E-state index is 9.41. The third-order valence-corrected chi connectivity index (χ3v) is 0.355. The van der Waals surface area contributed by atoms with Gasteiger partial charge in [-0.25, -0.2) is 0 Å². The first kappa shape index (κ1) is 36.0. The van der Waals surface area contributed by atoms with Gasteiger partial charge < -0.3 is 47.4 Å². The van der Waals surface area contributed by atoms with Crippen LogP contribution in [0.1, 0.15) is 20.8 Å². The SMILES string of the molecule is CCO.CCO.CCO.O=C([O-])/C=C/C(=O)[O-].[NH4+].[NH4+]. The van der Waals surface area contributed by atoms with Crippen molar-refractivity contribution in [3.05, 3.63) is 12.2 Å². The zero-order valence-corrected chi connectivity index (χ0v) is 12.3. The van der Waals surface area contributed by atoms with Gasteiger partial charge in [-0.05, 0) is 32.9 Å². The highest BCUT2D eigenvalue weighted by molar-refractivity contribution is 5.87. The molecule has 0 aliphatic rings. The van der Waals surface area contributed by atoms with E-state index >= 15 is 0 Å². The van der Waals surface area contributed by atoms with Crippen LogP contribution < -0.4 is 22.5 Å². The fraction of sp³-hybridized carbons (Fsp3) is 0.600.